The summed E-state index contributed by atoms with van der Waals surface area (Å²) < 4.78 is 1.62. The minimum absolute atomic E-state index is 0.0702. The molecule has 1 aromatic heterocycles. The highest BCUT2D eigenvalue weighted by molar-refractivity contribution is 5.88. The van der Waals surface area contributed by atoms with E-state index in [1.807, 2.05) is 30.3 Å². The van der Waals surface area contributed by atoms with Crippen LogP contribution in [0.25, 0.3) is 0 Å². The second kappa shape index (κ2) is 7.61. The van der Waals surface area contributed by atoms with Crippen molar-refractivity contribution in [3.63, 3.8) is 0 Å². The highest BCUT2D eigenvalue weighted by atomic mass is 16.3. The van der Waals surface area contributed by atoms with Gasteiger partial charge in [-0.2, -0.15) is 5.10 Å². The third-order valence-corrected chi connectivity index (χ3v) is 3.37. The number of carbonyl (C=O) groups is 1. The highest BCUT2D eigenvalue weighted by Crippen LogP contribution is 2.20. The summed E-state index contributed by atoms with van der Waals surface area (Å²) in [6.45, 7) is 2.21. The Balaban J connectivity index is 1.91. The summed E-state index contributed by atoms with van der Waals surface area (Å²) in [6, 6.07) is 9.60. The molecule has 3 N–H and O–H groups in total. The summed E-state index contributed by atoms with van der Waals surface area (Å²) >= 11 is 0. The van der Waals surface area contributed by atoms with E-state index in [9.17, 15) is 9.90 Å². The van der Waals surface area contributed by atoms with E-state index in [4.69, 9.17) is 0 Å². The van der Waals surface area contributed by atoms with E-state index >= 15 is 0 Å². The van der Waals surface area contributed by atoms with Crippen molar-refractivity contribution in [3.8, 4) is 0 Å². The fraction of sp³-hybridized carbons (Fsp3) is 0.375. The fourth-order valence-electron chi connectivity index (χ4n) is 2.35. The van der Waals surface area contributed by atoms with Gasteiger partial charge >= 0.3 is 6.03 Å². The van der Waals surface area contributed by atoms with Gasteiger partial charge in [-0.3, -0.25) is 4.68 Å². The van der Waals surface area contributed by atoms with Gasteiger partial charge in [0.15, 0.2) is 0 Å². The van der Waals surface area contributed by atoms with Gasteiger partial charge in [-0.1, -0.05) is 30.3 Å². The van der Waals surface area contributed by atoms with Gasteiger partial charge in [0.1, 0.15) is 0 Å². The lowest BCUT2D eigenvalue weighted by Gasteiger charge is -2.19. The van der Waals surface area contributed by atoms with Crippen LogP contribution < -0.4 is 10.6 Å². The number of hydrogen-bond acceptors (Lipinski definition) is 3. The molecule has 2 rings (SSSR count). The Labute approximate surface area is 130 Å². The van der Waals surface area contributed by atoms with Crippen LogP contribution in [0.5, 0.6) is 0 Å². The number of anilines is 1. The predicted molar refractivity (Wildman–Crippen MR) is 85.7 cm³/mol. The van der Waals surface area contributed by atoms with Crippen molar-refractivity contribution in [2.24, 2.45) is 7.05 Å². The van der Waals surface area contributed by atoms with Crippen molar-refractivity contribution in [2.45, 2.75) is 25.4 Å². The molecule has 6 heteroatoms. The first-order valence-corrected chi connectivity index (χ1v) is 7.31. The summed E-state index contributed by atoms with van der Waals surface area (Å²) in [4.78, 5) is 11.9. The van der Waals surface area contributed by atoms with Crippen molar-refractivity contribution in [2.75, 3.05) is 11.9 Å². The first kappa shape index (κ1) is 16.0. The van der Waals surface area contributed by atoms with Gasteiger partial charge in [0.05, 0.1) is 18.0 Å². The van der Waals surface area contributed by atoms with E-state index in [1.54, 1.807) is 31.0 Å². The molecule has 0 fully saturated rings. The number of aliphatic hydroxyl groups excluding tert-OH is 1. The molecule has 0 radical (unpaired) electrons. The van der Waals surface area contributed by atoms with Crippen LogP contribution in [0, 0.1) is 0 Å². The lowest BCUT2D eigenvalue weighted by atomic mass is 9.93. The highest BCUT2D eigenvalue weighted by Gasteiger charge is 2.15. The number of nitrogens with one attached hydrogen (secondary N) is 2. The lowest BCUT2D eigenvalue weighted by molar-refractivity contribution is 0.173. The summed E-state index contributed by atoms with van der Waals surface area (Å²) in [5, 5.41) is 19.2. The van der Waals surface area contributed by atoms with E-state index in [1.165, 1.54) is 0 Å². The molecule has 1 heterocycles. The van der Waals surface area contributed by atoms with Crippen LogP contribution in [0.1, 0.15) is 24.8 Å². The molecule has 0 spiro atoms. The van der Waals surface area contributed by atoms with Gasteiger partial charge in [0.2, 0.25) is 0 Å². The zero-order valence-corrected chi connectivity index (χ0v) is 12.9. The number of carbonyl (C=O) groups excluding carboxylic acids is 1. The predicted octanol–water partition coefficient (Wildman–Crippen LogP) is 2.10. The Morgan fingerprint density at radius 3 is 2.68 bits per heavy atom. The quantitative estimate of drug-likeness (QED) is 0.764. The number of hydrogen-bond donors (Lipinski definition) is 3. The summed E-state index contributed by atoms with van der Waals surface area (Å²) in [6.07, 6.45) is 3.49. The number of aromatic nitrogens is 2. The smallest absolute Gasteiger partial charge is 0.319 e. The fourth-order valence-corrected chi connectivity index (χ4v) is 2.35. The Bertz CT molecular complexity index is 595. The standard InChI is InChI=1S/C16H22N4O2/c1-12(21)8-14(13-6-4-3-5-7-13)9-17-16(22)19-15-10-18-20(2)11-15/h3-7,10-12,14,21H,8-9H2,1-2H3,(H2,17,19,22). The van der Waals surface area contributed by atoms with Crippen molar-refractivity contribution in [3.05, 3.63) is 48.3 Å². The summed E-state index contributed by atoms with van der Waals surface area (Å²) in [5.74, 6) is 0.0702. The zero-order valence-electron chi connectivity index (χ0n) is 12.9. The zero-order chi connectivity index (χ0) is 15.9. The molecule has 1 aromatic carbocycles. The minimum atomic E-state index is -0.423. The van der Waals surface area contributed by atoms with E-state index in [-0.39, 0.29) is 11.9 Å². The van der Waals surface area contributed by atoms with Gasteiger partial charge in [-0.25, -0.2) is 4.79 Å². The third kappa shape index (κ3) is 4.89. The average Bonchev–Trinajstić information content (AvgIpc) is 2.89. The van der Waals surface area contributed by atoms with Crippen molar-refractivity contribution in [1.29, 1.82) is 0 Å². The Kier molecular flexibility index (Phi) is 5.55. The first-order chi connectivity index (χ1) is 10.5. The van der Waals surface area contributed by atoms with E-state index in [0.717, 1.165) is 5.56 Å². The second-order valence-corrected chi connectivity index (χ2v) is 5.43. The largest absolute Gasteiger partial charge is 0.393 e. The molecule has 2 unspecified atom stereocenters. The number of amides is 2. The van der Waals surface area contributed by atoms with Gasteiger partial charge in [-0.05, 0) is 18.9 Å². The maximum atomic E-state index is 11.9. The van der Waals surface area contributed by atoms with Crippen LogP contribution in [0.15, 0.2) is 42.7 Å². The lowest BCUT2D eigenvalue weighted by Crippen LogP contribution is -2.33. The average molecular weight is 302 g/mol. The van der Waals surface area contributed by atoms with Crippen LogP contribution in [-0.4, -0.2) is 33.6 Å². The van der Waals surface area contributed by atoms with Crippen molar-refractivity contribution in [1.82, 2.24) is 15.1 Å². The second-order valence-electron chi connectivity index (χ2n) is 5.43. The number of urea groups is 1. The minimum Gasteiger partial charge on any atom is -0.393 e. The molecule has 0 aliphatic carbocycles. The number of benzene rings is 1. The van der Waals surface area contributed by atoms with Gasteiger partial charge in [0.25, 0.3) is 0 Å². The van der Waals surface area contributed by atoms with Crippen molar-refractivity contribution < 1.29 is 9.90 Å². The maximum absolute atomic E-state index is 11.9. The molecular weight excluding hydrogens is 280 g/mol. The molecule has 2 aromatic rings. The molecule has 22 heavy (non-hydrogen) atoms. The number of aryl methyl sites for hydroxylation is 1. The Morgan fingerprint density at radius 2 is 2.09 bits per heavy atom. The van der Waals surface area contributed by atoms with E-state index in [2.05, 4.69) is 15.7 Å². The molecule has 0 saturated carbocycles. The molecule has 118 valence electrons. The summed E-state index contributed by atoms with van der Waals surface area (Å²) in [5.41, 5.74) is 1.75. The first-order valence-electron chi connectivity index (χ1n) is 7.31. The number of rotatable bonds is 6. The molecule has 6 nitrogen and oxygen atoms in total. The molecule has 0 aliphatic heterocycles. The van der Waals surface area contributed by atoms with Crippen LogP contribution in [0.4, 0.5) is 10.5 Å². The topological polar surface area (TPSA) is 79.2 Å². The monoisotopic (exact) mass is 302 g/mol. The van der Waals surface area contributed by atoms with E-state index in [0.29, 0.717) is 18.7 Å². The SMILES string of the molecule is CC(O)CC(CNC(=O)Nc1cnn(C)c1)c1ccccc1. The molecule has 0 aliphatic rings. The Hall–Kier alpha value is -2.34. The molecular formula is C16H22N4O2. The molecule has 0 saturated heterocycles. The van der Waals surface area contributed by atoms with E-state index < -0.39 is 6.10 Å². The normalized spacial score (nSPS) is 13.4. The van der Waals surface area contributed by atoms with Gasteiger partial charge in [-0.15, -0.1) is 0 Å². The van der Waals surface area contributed by atoms with Crippen LogP contribution in [0.3, 0.4) is 0 Å². The van der Waals surface area contributed by atoms with Gasteiger partial charge < -0.3 is 15.7 Å². The maximum Gasteiger partial charge on any atom is 0.319 e. The van der Waals surface area contributed by atoms with Gasteiger partial charge in [0, 0.05) is 25.7 Å². The molecule has 2 amide bonds. The third-order valence-electron chi connectivity index (χ3n) is 3.37. The van der Waals surface area contributed by atoms with Crippen LogP contribution in [0.2, 0.25) is 0 Å². The van der Waals surface area contributed by atoms with Crippen molar-refractivity contribution >= 4 is 11.7 Å². The number of aliphatic hydroxyl groups is 1. The Morgan fingerprint density at radius 1 is 1.36 bits per heavy atom. The van der Waals surface area contributed by atoms with Crippen LogP contribution >= 0.6 is 0 Å². The molecule has 0 bridgehead atoms. The molecule has 2 atom stereocenters. The number of nitrogens with zero attached hydrogens (tertiary/aromatic N) is 2. The van der Waals surface area contributed by atoms with Crippen LogP contribution in [-0.2, 0) is 7.05 Å². The summed E-state index contributed by atoms with van der Waals surface area (Å²) in [7, 11) is 1.79.